The molecule has 9 heteroatoms. The van der Waals surface area contributed by atoms with Crippen molar-refractivity contribution in [3.8, 4) is 0 Å². The van der Waals surface area contributed by atoms with Crippen LogP contribution in [0.3, 0.4) is 0 Å². The summed E-state index contributed by atoms with van der Waals surface area (Å²) in [7, 11) is -3.70. The van der Waals surface area contributed by atoms with Gasteiger partial charge in [-0.1, -0.05) is 18.3 Å². The highest BCUT2D eigenvalue weighted by Gasteiger charge is 2.19. The van der Waals surface area contributed by atoms with E-state index in [0.29, 0.717) is 18.7 Å². The van der Waals surface area contributed by atoms with Gasteiger partial charge in [-0.25, -0.2) is 8.42 Å². The predicted octanol–water partition coefficient (Wildman–Crippen LogP) is 1.21. The van der Waals surface area contributed by atoms with E-state index in [0.717, 1.165) is 5.01 Å². The van der Waals surface area contributed by atoms with Crippen LogP contribution in [0.4, 0.5) is 5.13 Å². The molecule has 0 fully saturated rings. The summed E-state index contributed by atoms with van der Waals surface area (Å²) in [6.45, 7) is 4.18. The molecule has 0 atom stereocenters. The lowest BCUT2D eigenvalue weighted by atomic mass is 10.4. The molecule has 0 spiro atoms. The number of aliphatic hydroxyl groups is 1. The molecule has 0 aliphatic carbocycles. The molecule has 2 heterocycles. The number of sulfonamides is 1. The van der Waals surface area contributed by atoms with E-state index in [9.17, 15) is 13.5 Å². The van der Waals surface area contributed by atoms with Crippen LogP contribution in [0.1, 0.15) is 24.5 Å². The zero-order valence-corrected chi connectivity index (χ0v) is 12.8. The number of aliphatic hydroxyl groups excluding tert-OH is 1. The molecule has 0 saturated heterocycles. The van der Waals surface area contributed by atoms with E-state index in [4.69, 9.17) is 0 Å². The Kier molecular flexibility index (Phi) is 4.41. The number of aryl methyl sites for hydroxylation is 2. The fourth-order valence-corrected chi connectivity index (χ4v) is 3.68. The summed E-state index contributed by atoms with van der Waals surface area (Å²) >= 11 is 1.21. The molecule has 7 nitrogen and oxygen atoms in total. The van der Waals surface area contributed by atoms with Crippen molar-refractivity contribution in [1.29, 1.82) is 0 Å². The van der Waals surface area contributed by atoms with Gasteiger partial charge in [0.15, 0.2) is 0 Å². The molecule has 0 amide bonds. The minimum Gasteiger partial charge on any atom is -0.390 e. The Labute approximate surface area is 121 Å². The Hall–Kier alpha value is -1.45. The number of anilines is 1. The van der Waals surface area contributed by atoms with Crippen LogP contribution in [-0.4, -0.2) is 28.3 Å². The summed E-state index contributed by atoms with van der Waals surface area (Å²) in [6, 6.07) is 1.45. The molecule has 2 rings (SSSR count). The van der Waals surface area contributed by atoms with Gasteiger partial charge in [0.05, 0.1) is 6.61 Å². The third kappa shape index (κ3) is 3.00. The lowest BCUT2D eigenvalue weighted by Crippen LogP contribution is -2.12. The Balaban J connectivity index is 2.27. The van der Waals surface area contributed by atoms with Crippen molar-refractivity contribution in [2.45, 2.75) is 38.3 Å². The number of aromatic nitrogens is 3. The maximum Gasteiger partial charge on any atom is 0.265 e. The lowest BCUT2D eigenvalue weighted by Gasteiger charge is -2.02. The molecular formula is C11H16N4O3S2. The van der Waals surface area contributed by atoms with Crippen molar-refractivity contribution < 1.29 is 13.5 Å². The van der Waals surface area contributed by atoms with Gasteiger partial charge in [-0.05, 0) is 19.4 Å². The molecule has 2 N–H and O–H groups in total. The van der Waals surface area contributed by atoms with Crippen molar-refractivity contribution in [2.24, 2.45) is 0 Å². The topological polar surface area (TPSA) is 97.1 Å². The molecule has 0 saturated carbocycles. The number of hydrogen-bond acceptors (Lipinski definition) is 6. The zero-order chi connectivity index (χ0) is 14.8. The highest BCUT2D eigenvalue weighted by molar-refractivity contribution is 7.93. The molecule has 0 aromatic carbocycles. The smallest absolute Gasteiger partial charge is 0.265 e. The standard InChI is InChI=1S/C11H16N4O3S2/c1-3-10-12-13-11(19-10)14-20(17,18)9-5-8(7-16)15(4-2)6-9/h5-6,16H,3-4,7H2,1-2H3,(H,13,14). The first kappa shape index (κ1) is 14.9. The highest BCUT2D eigenvalue weighted by Crippen LogP contribution is 2.21. The van der Waals surface area contributed by atoms with Gasteiger partial charge in [0.25, 0.3) is 10.0 Å². The van der Waals surface area contributed by atoms with E-state index in [-0.39, 0.29) is 16.6 Å². The summed E-state index contributed by atoms with van der Waals surface area (Å²) in [4.78, 5) is 0.108. The lowest BCUT2D eigenvalue weighted by molar-refractivity contribution is 0.271. The molecule has 2 aromatic heterocycles. The van der Waals surface area contributed by atoms with Gasteiger partial charge in [0.2, 0.25) is 5.13 Å². The van der Waals surface area contributed by atoms with E-state index < -0.39 is 10.0 Å². The van der Waals surface area contributed by atoms with Gasteiger partial charge in [-0.15, -0.1) is 10.2 Å². The Morgan fingerprint density at radius 2 is 2.15 bits per heavy atom. The molecule has 2 aromatic rings. The van der Waals surface area contributed by atoms with E-state index in [1.54, 1.807) is 4.57 Å². The normalized spacial score (nSPS) is 11.8. The highest BCUT2D eigenvalue weighted by atomic mass is 32.2. The van der Waals surface area contributed by atoms with Crippen molar-refractivity contribution in [2.75, 3.05) is 4.72 Å². The van der Waals surface area contributed by atoms with Crippen LogP contribution in [0, 0.1) is 0 Å². The first-order chi connectivity index (χ1) is 9.50. The van der Waals surface area contributed by atoms with Gasteiger partial charge in [-0.3, -0.25) is 4.72 Å². The molecule has 20 heavy (non-hydrogen) atoms. The minimum atomic E-state index is -3.70. The molecule has 0 aliphatic rings. The second-order valence-electron chi connectivity index (χ2n) is 4.07. The monoisotopic (exact) mass is 316 g/mol. The van der Waals surface area contributed by atoms with Crippen LogP contribution in [0.25, 0.3) is 0 Å². The predicted molar refractivity (Wildman–Crippen MR) is 76.1 cm³/mol. The largest absolute Gasteiger partial charge is 0.390 e. The maximum absolute atomic E-state index is 12.2. The molecule has 0 aliphatic heterocycles. The van der Waals surface area contributed by atoms with Crippen LogP contribution in [0.5, 0.6) is 0 Å². The van der Waals surface area contributed by atoms with Gasteiger partial charge in [0, 0.05) is 18.4 Å². The fraction of sp³-hybridized carbons (Fsp3) is 0.455. The second kappa shape index (κ2) is 5.90. The number of nitrogens with zero attached hydrogens (tertiary/aromatic N) is 3. The first-order valence-corrected chi connectivity index (χ1v) is 8.45. The van der Waals surface area contributed by atoms with Gasteiger partial charge >= 0.3 is 0 Å². The number of rotatable bonds is 6. The van der Waals surface area contributed by atoms with Crippen molar-refractivity contribution in [1.82, 2.24) is 14.8 Å². The van der Waals surface area contributed by atoms with Crippen molar-refractivity contribution >= 4 is 26.5 Å². The average molecular weight is 316 g/mol. The van der Waals surface area contributed by atoms with E-state index in [1.807, 2.05) is 13.8 Å². The van der Waals surface area contributed by atoms with Crippen LogP contribution in [-0.2, 0) is 29.6 Å². The first-order valence-electron chi connectivity index (χ1n) is 6.15. The summed E-state index contributed by atoms with van der Waals surface area (Å²) in [5.74, 6) is 0. The Morgan fingerprint density at radius 1 is 1.40 bits per heavy atom. The average Bonchev–Trinajstić information content (AvgIpc) is 3.03. The Bertz CT molecular complexity index is 669. The number of hydrogen-bond donors (Lipinski definition) is 2. The summed E-state index contributed by atoms with van der Waals surface area (Å²) < 4.78 is 28.5. The van der Waals surface area contributed by atoms with Crippen molar-refractivity contribution in [3.05, 3.63) is 23.0 Å². The summed E-state index contributed by atoms with van der Waals surface area (Å²) in [5, 5.41) is 17.9. The van der Waals surface area contributed by atoms with Gasteiger partial charge < -0.3 is 9.67 Å². The van der Waals surface area contributed by atoms with Gasteiger partial charge in [0.1, 0.15) is 9.90 Å². The SMILES string of the molecule is CCc1nnc(NS(=O)(=O)c2cc(CO)n(CC)c2)s1. The quantitative estimate of drug-likeness (QED) is 0.835. The molecule has 0 radical (unpaired) electrons. The molecule has 110 valence electrons. The summed E-state index contributed by atoms with van der Waals surface area (Å²) in [5.41, 5.74) is 0.555. The van der Waals surface area contributed by atoms with Crippen molar-refractivity contribution in [3.63, 3.8) is 0 Å². The van der Waals surface area contributed by atoms with Gasteiger partial charge in [-0.2, -0.15) is 0 Å². The molecular weight excluding hydrogens is 300 g/mol. The van der Waals surface area contributed by atoms with Crippen LogP contribution < -0.4 is 4.72 Å². The van der Waals surface area contributed by atoms with Crippen LogP contribution in [0.15, 0.2) is 17.2 Å². The minimum absolute atomic E-state index is 0.108. The maximum atomic E-state index is 12.2. The molecule has 0 unspecified atom stereocenters. The second-order valence-corrected chi connectivity index (χ2v) is 6.82. The van der Waals surface area contributed by atoms with Crippen LogP contribution in [0.2, 0.25) is 0 Å². The van der Waals surface area contributed by atoms with E-state index >= 15 is 0 Å². The summed E-state index contributed by atoms with van der Waals surface area (Å²) in [6.07, 6.45) is 2.20. The zero-order valence-electron chi connectivity index (χ0n) is 11.2. The van der Waals surface area contributed by atoms with E-state index in [1.165, 1.54) is 23.6 Å². The number of nitrogens with one attached hydrogen (secondary N) is 1. The third-order valence-electron chi connectivity index (χ3n) is 2.76. The molecule has 0 bridgehead atoms. The van der Waals surface area contributed by atoms with E-state index in [2.05, 4.69) is 14.9 Å². The van der Waals surface area contributed by atoms with Crippen LogP contribution >= 0.6 is 11.3 Å². The fourth-order valence-electron chi connectivity index (χ4n) is 1.71. The Morgan fingerprint density at radius 3 is 2.65 bits per heavy atom. The third-order valence-corrected chi connectivity index (χ3v) is 5.18.